The fourth-order valence-corrected chi connectivity index (χ4v) is 4.60. The van der Waals surface area contributed by atoms with Crippen LogP contribution in [-0.4, -0.2) is 36.2 Å². The summed E-state index contributed by atoms with van der Waals surface area (Å²) in [6.07, 6.45) is 0.479. The van der Waals surface area contributed by atoms with Crippen molar-refractivity contribution in [3.05, 3.63) is 125 Å². The standard InChI is InChI=1S/C33H37NO2/c1-4-34(5-2)23-24-36-32-21-19-31(20-22-32)33(35,30-17-11-26(3)12-18-30)25-27-13-15-29(16-14-27)28-9-7-6-8-10-28/h6-22,35H,4-5,23-25H2,1-3H3. The van der Waals surface area contributed by atoms with Crippen LogP contribution in [-0.2, 0) is 12.0 Å². The molecule has 0 bridgehead atoms. The lowest BCUT2D eigenvalue weighted by atomic mass is 9.81. The van der Waals surface area contributed by atoms with E-state index in [9.17, 15) is 5.11 Å². The van der Waals surface area contributed by atoms with Gasteiger partial charge in [0.1, 0.15) is 18.0 Å². The Labute approximate surface area is 216 Å². The predicted octanol–water partition coefficient (Wildman–Crippen LogP) is 6.86. The van der Waals surface area contributed by atoms with Crippen molar-refractivity contribution in [3.8, 4) is 16.9 Å². The molecule has 0 heterocycles. The van der Waals surface area contributed by atoms with Gasteiger partial charge >= 0.3 is 0 Å². The molecule has 4 rings (SSSR count). The van der Waals surface area contributed by atoms with E-state index in [0.717, 1.165) is 42.1 Å². The van der Waals surface area contributed by atoms with Crippen molar-refractivity contribution in [3.63, 3.8) is 0 Å². The van der Waals surface area contributed by atoms with Crippen LogP contribution in [0.3, 0.4) is 0 Å². The molecule has 4 aromatic rings. The highest BCUT2D eigenvalue weighted by Gasteiger charge is 2.32. The zero-order valence-electron chi connectivity index (χ0n) is 21.7. The van der Waals surface area contributed by atoms with Crippen molar-refractivity contribution in [2.75, 3.05) is 26.2 Å². The maximum atomic E-state index is 12.1. The molecule has 0 saturated carbocycles. The highest BCUT2D eigenvalue weighted by Crippen LogP contribution is 2.35. The number of hydrogen-bond acceptors (Lipinski definition) is 3. The Bertz CT molecular complexity index is 1200. The number of nitrogens with zero attached hydrogens (tertiary/aromatic N) is 1. The van der Waals surface area contributed by atoms with E-state index in [-0.39, 0.29) is 0 Å². The maximum absolute atomic E-state index is 12.1. The summed E-state index contributed by atoms with van der Waals surface area (Å²) in [5.74, 6) is 0.823. The van der Waals surface area contributed by atoms with E-state index in [1.165, 1.54) is 16.7 Å². The van der Waals surface area contributed by atoms with E-state index < -0.39 is 5.60 Å². The van der Waals surface area contributed by atoms with Gasteiger partial charge in [0.15, 0.2) is 0 Å². The number of ether oxygens (including phenoxy) is 1. The molecule has 0 aliphatic rings. The Kier molecular flexibility index (Phi) is 8.58. The van der Waals surface area contributed by atoms with Gasteiger partial charge in [0.05, 0.1) is 0 Å². The normalized spacial score (nSPS) is 12.9. The first-order valence-corrected chi connectivity index (χ1v) is 12.9. The molecule has 0 amide bonds. The lowest BCUT2D eigenvalue weighted by Gasteiger charge is -2.30. The predicted molar refractivity (Wildman–Crippen MR) is 149 cm³/mol. The van der Waals surface area contributed by atoms with E-state index in [1.807, 2.05) is 42.5 Å². The smallest absolute Gasteiger partial charge is 0.119 e. The second kappa shape index (κ2) is 12.0. The lowest BCUT2D eigenvalue weighted by molar-refractivity contribution is 0.0810. The van der Waals surface area contributed by atoms with E-state index in [0.29, 0.717) is 13.0 Å². The number of rotatable bonds is 11. The Morgan fingerprint density at radius 2 is 1.25 bits per heavy atom. The van der Waals surface area contributed by atoms with Gasteiger partial charge < -0.3 is 14.7 Å². The van der Waals surface area contributed by atoms with Gasteiger partial charge in [0.2, 0.25) is 0 Å². The van der Waals surface area contributed by atoms with Crippen LogP contribution in [0.15, 0.2) is 103 Å². The Balaban J connectivity index is 1.56. The minimum Gasteiger partial charge on any atom is -0.492 e. The van der Waals surface area contributed by atoms with Crippen molar-refractivity contribution < 1.29 is 9.84 Å². The molecule has 1 unspecified atom stereocenters. The number of aryl methyl sites for hydroxylation is 1. The summed E-state index contributed by atoms with van der Waals surface area (Å²) in [6.45, 7) is 10.00. The molecule has 3 heteroatoms. The number of hydrogen-bond donors (Lipinski definition) is 1. The van der Waals surface area contributed by atoms with Crippen molar-refractivity contribution in [2.45, 2.75) is 32.8 Å². The minimum atomic E-state index is -1.15. The van der Waals surface area contributed by atoms with Gasteiger partial charge in [-0.15, -0.1) is 0 Å². The van der Waals surface area contributed by atoms with Crippen molar-refractivity contribution >= 4 is 0 Å². The quantitative estimate of drug-likeness (QED) is 0.255. The summed E-state index contributed by atoms with van der Waals surface area (Å²) in [4.78, 5) is 2.34. The lowest BCUT2D eigenvalue weighted by Crippen LogP contribution is -2.30. The van der Waals surface area contributed by atoms with Gasteiger partial charge in [-0.2, -0.15) is 0 Å². The van der Waals surface area contributed by atoms with Crippen LogP contribution in [0.25, 0.3) is 11.1 Å². The van der Waals surface area contributed by atoms with Crippen LogP contribution in [0.2, 0.25) is 0 Å². The first kappa shape index (κ1) is 25.7. The van der Waals surface area contributed by atoms with Gasteiger partial charge in [-0.05, 0) is 60.0 Å². The summed E-state index contributed by atoms with van der Waals surface area (Å²) < 4.78 is 5.98. The largest absolute Gasteiger partial charge is 0.492 e. The fourth-order valence-electron chi connectivity index (χ4n) is 4.60. The molecular formula is C33H37NO2. The van der Waals surface area contributed by atoms with Crippen LogP contribution in [0.4, 0.5) is 0 Å². The average molecular weight is 480 g/mol. The molecule has 36 heavy (non-hydrogen) atoms. The molecule has 0 spiro atoms. The maximum Gasteiger partial charge on any atom is 0.119 e. The molecule has 0 fully saturated rings. The first-order chi connectivity index (χ1) is 17.5. The minimum absolute atomic E-state index is 0.479. The average Bonchev–Trinajstić information content (AvgIpc) is 2.92. The highest BCUT2D eigenvalue weighted by molar-refractivity contribution is 5.63. The van der Waals surface area contributed by atoms with Gasteiger partial charge in [0, 0.05) is 13.0 Å². The molecule has 0 aliphatic heterocycles. The summed E-state index contributed by atoms with van der Waals surface area (Å²) in [7, 11) is 0. The Hall–Kier alpha value is -3.40. The Morgan fingerprint density at radius 1 is 0.694 bits per heavy atom. The molecule has 0 radical (unpaired) electrons. The molecule has 0 aliphatic carbocycles. The van der Waals surface area contributed by atoms with E-state index in [1.54, 1.807) is 0 Å². The molecule has 1 atom stereocenters. The van der Waals surface area contributed by atoms with Gasteiger partial charge in [-0.3, -0.25) is 0 Å². The van der Waals surface area contributed by atoms with Gasteiger partial charge in [-0.25, -0.2) is 0 Å². The topological polar surface area (TPSA) is 32.7 Å². The zero-order valence-corrected chi connectivity index (χ0v) is 21.7. The van der Waals surface area contributed by atoms with Crippen molar-refractivity contribution in [2.24, 2.45) is 0 Å². The van der Waals surface area contributed by atoms with Gasteiger partial charge in [-0.1, -0.05) is 110 Å². The SMILES string of the molecule is CCN(CC)CCOc1ccc(C(O)(Cc2ccc(-c3ccccc3)cc2)c2ccc(C)cc2)cc1. The van der Waals surface area contributed by atoms with Crippen LogP contribution in [0, 0.1) is 6.92 Å². The second-order valence-electron chi connectivity index (χ2n) is 9.37. The zero-order chi connectivity index (χ0) is 25.4. The second-order valence-corrected chi connectivity index (χ2v) is 9.37. The molecular weight excluding hydrogens is 442 g/mol. The number of likely N-dealkylation sites (N-methyl/N-ethyl adjacent to an activating group) is 1. The number of aliphatic hydroxyl groups is 1. The van der Waals surface area contributed by atoms with Gasteiger partial charge in [0.25, 0.3) is 0 Å². The van der Waals surface area contributed by atoms with Crippen molar-refractivity contribution in [1.82, 2.24) is 4.90 Å². The van der Waals surface area contributed by atoms with E-state index >= 15 is 0 Å². The monoisotopic (exact) mass is 479 g/mol. The summed E-state index contributed by atoms with van der Waals surface area (Å²) in [5.41, 5.74) is 5.20. The van der Waals surface area contributed by atoms with Crippen LogP contribution in [0.5, 0.6) is 5.75 Å². The highest BCUT2D eigenvalue weighted by atomic mass is 16.5. The molecule has 0 saturated heterocycles. The summed E-state index contributed by atoms with van der Waals surface area (Å²) in [5, 5.41) is 12.1. The summed E-state index contributed by atoms with van der Waals surface area (Å²) >= 11 is 0. The molecule has 186 valence electrons. The van der Waals surface area contributed by atoms with Crippen molar-refractivity contribution in [1.29, 1.82) is 0 Å². The fraction of sp³-hybridized carbons (Fsp3) is 0.273. The van der Waals surface area contributed by atoms with Crippen LogP contribution in [0.1, 0.15) is 36.1 Å². The molecule has 4 aromatic carbocycles. The third kappa shape index (κ3) is 6.23. The van der Waals surface area contributed by atoms with E-state index in [2.05, 4.69) is 86.3 Å². The number of benzene rings is 4. The van der Waals surface area contributed by atoms with E-state index in [4.69, 9.17) is 4.74 Å². The van der Waals surface area contributed by atoms with Crippen LogP contribution >= 0.6 is 0 Å². The third-order valence-corrected chi connectivity index (χ3v) is 6.95. The molecule has 0 aromatic heterocycles. The molecule has 1 N–H and O–H groups in total. The molecule has 3 nitrogen and oxygen atoms in total. The first-order valence-electron chi connectivity index (χ1n) is 12.9. The third-order valence-electron chi connectivity index (χ3n) is 6.95. The van der Waals surface area contributed by atoms with Crippen LogP contribution < -0.4 is 4.74 Å². The summed E-state index contributed by atoms with van der Waals surface area (Å²) in [6, 6.07) is 35.0. The Morgan fingerprint density at radius 3 is 1.83 bits per heavy atom.